The van der Waals surface area contributed by atoms with Crippen LogP contribution in [0, 0.1) is 0 Å². The molecule has 0 aliphatic rings. The Hall–Kier alpha value is -3.08. The molecule has 2 amide bonds. The number of hydrogen-bond donors (Lipinski definition) is 2. The molecule has 0 aromatic heterocycles. The van der Waals surface area contributed by atoms with Crippen LogP contribution in [0.3, 0.4) is 0 Å². The molecule has 2 aromatic rings. The van der Waals surface area contributed by atoms with E-state index in [1.54, 1.807) is 31.4 Å². The van der Waals surface area contributed by atoms with Crippen LogP contribution in [0.5, 0.6) is 5.75 Å². The van der Waals surface area contributed by atoms with E-state index in [-0.39, 0.29) is 17.2 Å². The molecule has 0 spiro atoms. The Labute approximate surface area is 160 Å². The first-order valence-corrected chi connectivity index (χ1v) is 8.74. The zero-order valence-corrected chi connectivity index (χ0v) is 16.4. The summed E-state index contributed by atoms with van der Waals surface area (Å²) in [5.74, 6) is 0.0704. The number of nitrogens with one attached hydrogen (secondary N) is 2. The second-order valence-corrected chi connectivity index (χ2v) is 7.29. The largest absolute Gasteiger partial charge is 0.497 e. The Morgan fingerprint density at radius 2 is 1.63 bits per heavy atom. The molecule has 0 saturated heterocycles. The zero-order valence-electron chi connectivity index (χ0n) is 16.4. The van der Waals surface area contributed by atoms with Crippen molar-refractivity contribution < 1.29 is 14.3 Å². The highest BCUT2D eigenvalue weighted by Crippen LogP contribution is 2.27. The van der Waals surface area contributed by atoms with Crippen molar-refractivity contribution >= 4 is 29.3 Å². The second-order valence-electron chi connectivity index (χ2n) is 7.29. The number of ether oxygens (including phenoxy) is 1. The van der Waals surface area contributed by atoms with Crippen molar-refractivity contribution in [2.45, 2.75) is 33.1 Å². The van der Waals surface area contributed by atoms with E-state index >= 15 is 0 Å². The van der Waals surface area contributed by atoms with Gasteiger partial charge in [-0.2, -0.15) is 0 Å². The number of carbonyl (C=O) groups excluding carboxylic acids is 2. The van der Waals surface area contributed by atoms with Gasteiger partial charge in [0.25, 0.3) is 0 Å². The van der Waals surface area contributed by atoms with Gasteiger partial charge < -0.3 is 15.4 Å². The summed E-state index contributed by atoms with van der Waals surface area (Å²) in [6.45, 7) is 7.89. The molecule has 0 saturated carbocycles. The Bertz CT molecular complexity index is 847. The molecule has 5 nitrogen and oxygen atoms in total. The minimum Gasteiger partial charge on any atom is -0.497 e. The van der Waals surface area contributed by atoms with Crippen molar-refractivity contribution in [3.05, 3.63) is 59.7 Å². The van der Waals surface area contributed by atoms with E-state index in [0.29, 0.717) is 17.1 Å². The quantitative estimate of drug-likeness (QED) is 0.760. The third kappa shape index (κ3) is 5.99. The average molecular weight is 366 g/mol. The van der Waals surface area contributed by atoms with E-state index in [1.165, 1.54) is 18.6 Å². The first-order chi connectivity index (χ1) is 12.7. The Morgan fingerprint density at radius 3 is 2.19 bits per heavy atom. The number of benzene rings is 2. The number of amides is 2. The molecule has 0 fully saturated rings. The van der Waals surface area contributed by atoms with Gasteiger partial charge >= 0.3 is 0 Å². The van der Waals surface area contributed by atoms with Gasteiger partial charge in [-0.3, -0.25) is 9.59 Å². The highest BCUT2D eigenvalue weighted by atomic mass is 16.5. The number of carbonyl (C=O) groups is 2. The summed E-state index contributed by atoms with van der Waals surface area (Å²) < 4.78 is 5.18. The van der Waals surface area contributed by atoms with Crippen LogP contribution in [0.15, 0.2) is 48.5 Å². The molecule has 0 aliphatic carbocycles. The lowest BCUT2D eigenvalue weighted by atomic mass is 9.87. The fourth-order valence-corrected chi connectivity index (χ4v) is 2.49. The monoisotopic (exact) mass is 366 g/mol. The van der Waals surface area contributed by atoms with Gasteiger partial charge in [-0.1, -0.05) is 45.0 Å². The van der Waals surface area contributed by atoms with Gasteiger partial charge in [-0.05, 0) is 34.8 Å². The predicted octanol–water partition coefficient (Wildman–Crippen LogP) is 4.60. The number of hydrogen-bond acceptors (Lipinski definition) is 3. The molecule has 0 atom stereocenters. The van der Waals surface area contributed by atoms with E-state index in [2.05, 4.69) is 43.5 Å². The van der Waals surface area contributed by atoms with Crippen LogP contribution in [-0.2, 0) is 15.0 Å². The van der Waals surface area contributed by atoms with E-state index in [1.807, 2.05) is 12.1 Å². The van der Waals surface area contributed by atoms with Crippen LogP contribution < -0.4 is 15.4 Å². The van der Waals surface area contributed by atoms with Gasteiger partial charge in [0, 0.05) is 19.1 Å². The first-order valence-electron chi connectivity index (χ1n) is 8.74. The maximum Gasteiger partial charge on any atom is 0.248 e. The van der Waals surface area contributed by atoms with Gasteiger partial charge in [0.2, 0.25) is 11.8 Å². The lowest BCUT2D eigenvalue weighted by molar-refractivity contribution is -0.114. The minimum atomic E-state index is -0.297. The predicted molar refractivity (Wildman–Crippen MR) is 110 cm³/mol. The average Bonchev–Trinajstić information content (AvgIpc) is 2.60. The van der Waals surface area contributed by atoms with Crippen LogP contribution >= 0.6 is 0 Å². The van der Waals surface area contributed by atoms with Gasteiger partial charge in [-0.25, -0.2) is 0 Å². The lowest BCUT2D eigenvalue weighted by Gasteiger charge is -2.18. The van der Waals surface area contributed by atoms with Gasteiger partial charge in [0.05, 0.1) is 18.5 Å². The SMILES string of the molecule is COc1ccc(NC(C)=O)c(NC(=O)/C=C/c2ccc(C(C)(C)C)cc2)c1. The molecule has 0 heterocycles. The smallest absolute Gasteiger partial charge is 0.248 e. The van der Waals surface area contributed by atoms with Crippen molar-refractivity contribution in [1.29, 1.82) is 0 Å². The van der Waals surface area contributed by atoms with Crippen molar-refractivity contribution in [1.82, 2.24) is 0 Å². The second kappa shape index (κ2) is 8.54. The first kappa shape index (κ1) is 20.2. The van der Waals surface area contributed by atoms with Crippen LogP contribution in [0.4, 0.5) is 11.4 Å². The highest BCUT2D eigenvalue weighted by Gasteiger charge is 2.12. The molecular weight excluding hydrogens is 340 g/mol. The normalized spacial score (nSPS) is 11.3. The van der Waals surface area contributed by atoms with Crippen LogP contribution in [0.2, 0.25) is 0 Å². The summed E-state index contributed by atoms with van der Waals surface area (Å²) in [5, 5.41) is 5.47. The van der Waals surface area contributed by atoms with E-state index in [0.717, 1.165) is 5.56 Å². The molecule has 142 valence electrons. The van der Waals surface area contributed by atoms with Crippen LogP contribution in [0.25, 0.3) is 6.08 Å². The fraction of sp³-hybridized carbons (Fsp3) is 0.273. The van der Waals surface area contributed by atoms with Gasteiger partial charge in [-0.15, -0.1) is 0 Å². The zero-order chi connectivity index (χ0) is 20.0. The maximum absolute atomic E-state index is 12.3. The summed E-state index contributed by atoms with van der Waals surface area (Å²) in [7, 11) is 1.54. The molecule has 0 unspecified atom stereocenters. The summed E-state index contributed by atoms with van der Waals surface area (Å²) in [6.07, 6.45) is 3.21. The molecule has 2 rings (SSSR count). The topological polar surface area (TPSA) is 67.4 Å². The van der Waals surface area contributed by atoms with Crippen LogP contribution in [0.1, 0.15) is 38.8 Å². The number of methoxy groups -OCH3 is 1. The van der Waals surface area contributed by atoms with Crippen molar-refractivity contribution in [3.8, 4) is 5.75 Å². The number of anilines is 2. The third-order valence-electron chi connectivity index (χ3n) is 4.00. The summed E-state index contributed by atoms with van der Waals surface area (Å²) >= 11 is 0. The molecule has 0 radical (unpaired) electrons. The number of rotatable bonds is 5. The van der Waals surface area contributed by atoms with Crippen molar-refractivity contribution in [3.63, 3.8) is 0 Å². The Morgan fingerprint density at radius 1 is 0.963 bits per heavy atom. The molecule has 5 heteroatoms. The Balaban J connectivity index is 2.12. The summed E-state index contributed by atoms with van der Waals surface area (Å²) in [5.41, 5.74) is 3.25. The molecule has 27 heavy (non-hydrogen) atoms. The maximum atomic E-state index is 12.3. The molecule has 2 N–H and O–H groups in total. The molecule has 0 bridgehead atoms. The van der Waals surface area contributed by atoms with Crippen molar-refractivity contribution in [2.24, 2.45) is 0 Å². The van der Waals surface area contributed by atoms with Crippen molar-refractivity contribution in [2.75, 3.05) is 17.7 Å². The minimum absolute atomic E-state index is 0.0894. The Kier molecular flexibility index (Phi) is 6.40. The van der Waals surface area contributed by atoms with E-state index in [4.69, 9.17) is 4.74 Å². The molecule has 2 aromatic carbocycles. The summed E-state index contributed by atoms with van der Waals surface area (Å²) in [6, 6.07) is 13.2. The third-order valence-corrected chi connectivity index (χ3v) is 4.00. The lowest BCUT2D eigenvalue weighted by Crippen LogP contribution is -2.13. The van der Waals surface area contributed by atoms with E-state index in [9.17, 15) is 9.59 Å². The van der Waals surface area contributed by atoms with E-state index < -0.39 is 0 Å². The fourth-order valence-electron chi connectivity index (χ4n) is 2.49. The highest BCUT2D eigenvalue weighted by molar-refractivity contribution is 6.05. The van der Waals surface area contributed by atoms with Gasteiger partial charge in [0.15, 0.2) is 0 Å². The standard InChI is InChI=1S/C22H26N2O3/c1-15(25)23-19-12-11-18(27-5)14-20(19)24-21(26)13-8-16-6-9-17(10-7-16)22(2,3)4/h6-14H,1-5H3,(H,23,25)(H,24,26)/b13-8+. The molecule has 0 aliphatic heterocycles. The van der Waals surface area contributed by atoms with Crippen LogP contribution in [-0.4, -0.2) is 18.9 Å². The van der Waals surface area contributed by atoms with Gasteiger partial charge in [0.1, 0.15) is 5.75 Å². The molecular formula is C22H26N2O3. The summed E-state index contributed by atoms with van der Waals surface area (Å²) in [4.78, 5) is 23.6.